The molecular weight excluding hydrogens is 328 g/mol. The van der Waals surface area contributed by atoms with Gasteiger partial charge in [-0.3, -0.25) is 0 Å². The summed E-state index contributed by atoms with van der Waals surface area (Å²) < 4.78 is 0. The zero-order valence-electron chi connectivity index (χ0n) is 17.9. The first-order valence-electron chi connectivity index (χ1n) is 12.1. The first kappa shape index (κ1) is 20.4. The van der Waals surface area contributed by atoms with Crippen LogP contribution in [-0.2, 0) is 0 Å². The fourth-order valence-electron chi connectivity index (χ4n) is 7.17. The molecule has 4 atom stereocenters. The first-order chi connectivity index (χ1) is 12.8. The molecule has 0 nitrogen and oxygen atoms in total. The van der Waals surface area contributed by atoms with E-state index >= 15 is 0 Å². The second-order valence-corrected chi connectivity index (χ2v) is 14.8. The molecule has 0 aromatic heterocycles. The van der Waals surface area contributed by atoms with E-state index in [1.165, 1.54) is 51.4 Å². The Hall–Kier alpha value is -0.303. The van der Waals surface area contributed by atoms with Crippen molar-refractivity contribution in [2.24, 2.45) is 17.8 Å². The average molecular weight is 373 g/mol. The molecule has 0 spiro atoms. The van der Waals surface area contributed by atoms with E-state index in [0.717, 1.165) is 28.8 Å². The molecule has 0 aliphatic heterocycles. The zero-order chi connectivity index (χ0) is 18.4. The molecule has 3 aliphatic rings. The molecule has 0 amide bonds. The fourth-order valence-corrected chi connectivity index (χ4v) is 15.0. The van der Waals surface area contributed by atoms with Gasteiger partial charge >= 0.3 is 0 Å². The van der Waals surface area contributed by atoms with Gasteiger partial charge in [0, 0.05) is 0 Å². The van der Waals surface area contributed by atoms with Crippen LogP contribution in [0.15, 0.2) is 24.3 Å². The fraction of sp³-hybridized carbons (Fsp3) is 0.840. The van der Waals surface area contributed by atoms with Gasteiger partial charge in [0.05, 0.1) is 8.07 Å². The van der Waals surface area contributed by atoms with Crippen LogP contribution in [0.2, 0.25) is 23.2 Å². The summed E-state index contributed by atoms with van der Waals surface area (Å²) in [5.41, 5.74) is 2.25. The van der Waals surface area contributed by atoms with E-state index in [-0.39, 0.29) is 0 Å². The van der Waals surface area contributed by atoms with Crippen molar-refractivity contribution in [3.63, 3.8) is 0 Å². The molecule has 3 aliphatic carbocycles. The van der Waals surface area contributed by atoms with Gasteiger partial charge in [-0.2, -0.15) is 0 Å². The summed E-state index contributed by atoms with van der Waals surface area (Å²) >= 11 is 0. The Labute approximate surface area is 164 Å². The highest BCUT2D eigenvalue weighted by atomic mass is 28.3. The van der Waals surface area contributed by atoms with Crippen molar-refractivity contribution in [1.29, 1.82) is 0 Å². The van der Waals surface area contributed by atoms with Crippen LogP contribution >= 0.6 is 0 Å². The van der Waals surface area contributed by atoms with Crippen LogP contribution in [0.25, 0.3) is 0 Å². The number of hydrogen-bond acceptors (Lipinski definition) is 0. The van der Waals surface area contributed by atoms with Crippen LogP contribution in [0.3, 0.4) is 0 Å². The van der Waals surface area contributed by atoms with Gasteiger partial charge in [0.2, 0.25) is 0 Å². The summed E-state index contributed by atoms with van der Waals surface area (Å²) in [7, 11) is -1.24. The topological polar surface area (TPSA) is 0 Å². The Bertz CT molecular complexity index is 463. The second-order valence-electron chi connectivity index (χ2n) is 9.74. The molecule has 4 unspecified atom stereocenters. The van der Waals surface area contributed by atoms with E-state index in [0.29, 0.717) is 0 Å². The Morgan fingerprint density at radius 2 is 1.42 bits per heavy atom. The Morgan fingerprint density at radius 3 is 2.00 bits per heavy atom. The van der Waals surface area contributed by atoms with Gasteiger partial charge in [0.25, 0.3) is 0 Å². The second kappa shape index (κ2) is 9.76. The summed E-state index contributed by atoms with van der Waals surface area (Å²) in [6.07, 6.45) is 26.5. The molecule has 0 bridgehead atoms. The van der Waals surface area contributed by atoms with E-state index < -0.39 is 8.07 Å². The predicted molar refractivity (Wildman–Crippen MR) is 119 cm³/mol. The molecule has 148 valence electrons. The Kier molecular flexibility index (Phi) is 7.67. The van der Waals surface area contributed by atoms with E-state index in [2.05, 4.69) is 45.1 Å². The third-order valence-corrected chi connectivity index (χ3v) is 15.2. The highest BCUT2D eigenvalue weighted by Crippen LogP contribution is 2.61. The Balaban J connectivity index is 1.92. The maximum atomic E-state index is 2.67. The summed E-state index contributed by atoms with van der Waals surface area (Å²) in [6, 6.07) is 3.30. The zero-order valence-corrected chi connectivity index (χ0v) is 18.9. The van der Waals surface area contributed by atoms with Crippen molar-refractivity contribution in [1.82, 2.24) is 0 Å². The quantitative estimate of drug-likeness (QED) is 0.337. The normalized spacial score (nSPS) is 31.7. The minimum Gasteiger partial charge on any atom is -0.0808 e. The van der Waals surface area contributed by atoms with Gasteiger partial charge in [-0.1, -0.05) is 121 Å². The first-order valence-corrected chi connectivity index (χ1v) is 14.7. The van der Waals surface area contributed by atoms with Crippen LogP contribution in [0.5, 0.6) is 0 Å². The molecule has 1 heteroatoms. The molecule has 2 fully saturated rings. The smallest absolute Gasteiger partial charge is 0.0604 e. The van der Waals surface area contributed by atoms with Gasteiger partial charge < -0.3 is 0 Å². The number of allylic oxidation sites excluding steroid dienone is 4. The van der Waals surface area contributed by atoms with Gasteiger partial charge in [-0.25, -0.2) is 0 Å². The summed E-state index contributed by atoms with van der Waals surface area (Å²) in [5.74, 6) is 2.76. The lowest BCUT2D eigenvalue weighted by Crippen LogP contribution is -2.45. The van der Waals surface area contributed by atoms with Crippen molar-refractivity contribution in [2.45, 2.75) is 115 Å². The van der Waals surface area contributed by atoms with E-state index in [1.54, 1.807) is 31.4 Å². The van der Waals surface area contributed by atoms with Crippen molar-refractivity contribution < 1.29 is 0 Å². The number of hydrogen-bond donors (Lipinski definition) is 0. The van der Waals surface area contributed by atoms with E-state index in [9.17, 15) is 0 Å². The maximum absolute atomic E-state index is 2.67. The van der Waals surface area contributed by atoms with E-state index in [1.807, 2.05) is 0 Å². The standard InChI is InChI=1S/C25H44Si/c1-4-7-18-26(19-8-5-2,22-14-9-10-15-22)25-20-21(13-6-3)23-16-11-12-17-24(23)25/h11-12,16-17,21-25H,4-10,13-15,18-20H2,1-3H3. The van der Waals surface area contributed by atoms with Gasteiger partial charge in [-0.05, 0) is 35.3 Å². The third-order valence-electron chi connectivity index (χ3n) is 8.35. The highest BCUT2D eigenvalue weighted by Gasteiger charge is 2.54. The molecule has 26 heavy (non-hydrogen) atoms. The number of unbranched alkanes of at least 4 members (excludes halogenated alkanes) is 2. The molecule has 3 rings (SSSR count). The highest BCUT2D eigenvalue weighted by molar-refractivity contribution is 6.82. The molecule has 0 saturated heterocycles. The van der Waals surface area contributed by atoms with Gasteiger partial charge in [-0.15, -0.1) is 0 Å². The molecule has 0 radical (unpaired) electrons. The van der Waals surface area contributed by atoms with Crippen LogP contribution in [0.1, 0.15) is 91.4 Å². The van der Waals surface area contributed by atoms with E-state index in [4.69, 9.17) is 0 Å². The van der Waals surface area contributed by atoms with Crippen LogP contribution in [0, 0.1) is 17.8 Å². The number of rotatable bonds is 10. The van der Waals surface area contributed by atoms with Gasteiger partial charge in [0.15, 0.2) is 0 Å². The molecule has 0 aromatic carbocycles. The monoisotopic (exact) mass is 372 g/mol. The lowest BCUT2D eigenvalue weighted by molar-refractivity contribution is 0.390. The van der Waals surface area contributed by atoms with Crippen LogP contribution < -0.4 is 0 Å². The molecule has 0 aromatic rings. The summed E-state index contributed by atoms with van der Waals surface area (Å²) in [5, 5.41) is 0. The lowest BCUT2D eigenvalue weighted by Gasteiger charge is -2.46. The number of fused-ring (bicyclic) bond motifs is 1. The van der Waals surface area contributed by atoms with Gasteiger partial charge in [0.1, 0.15) is 0 Å². The largest absolute Gasteiger partial charge is 0.0808 e. The minimum atomic E-state index is -1.24. The SMILES string of the molecule is CCCC[Si](CCCC)(C1CCCC1)C1CC(CCC)C2C=CC=CC21. The minimum absolute atomic E-state index is 0.876. The van der Waals surface area contributed by atoms with Crippen molar-refractivity contribution in [3.05, 3.63) is 24.3 Å². The maximum Gasteiger partial charge on any atom is 0.0604 e. The predicted octanol–water partition coefficient (Wildman–Crippen LogP) is 8.53. The molecular formula is C25H44Si. The molecule has 0 N–H and O–H groups in total. The molecule has 0 heterocycles. The van der Waals surface area contributed by atoms with Crippen molar-refractivity contribution in [2.75, 3.05) is 0 Å². The van der Waals surface area contributed by atoms with Crippen molar-refractivity contribution >= 4 is 8.07 Å². The lowest BCUT2D eigenvalue weighted by atomic mass is 9.84. The molecule has 2 saturated carbocycles. The van der Waals surface area contributed by atoms with Crippen LogP contribution in [-0.4, -0.2) is 8.07 Å². The third kappa shape index (κ3) is 4.08. The van der Waals surface area contributed by atoms with Crippen molar-refractivity contribution in [3.8, 4) is 0 Å². The summed E-state index contributed by atoms with van der Waals surface area (Å²) in [6.45, 7) is 7.25. The summed E-state index contributed by atoms with van der Waals surface area (Å²) in [4.78, 5) is 0. The Morgan fingerprint density at radius 1 is 0.808 bits per heavy atom. The van der Waals surface area contributed by atoms with Crippen LogP contribution in [0.4, 0.5) is 0 Å². The average Bonchev–Trinajstić information content (AvgIpc) is 3.32.